The van der Waals surface area contributed by atoms with E-state index in [0.717, 1.165) is 23.5 Å². The highest BCUT2D eigenvalue weighted by molar-refractivity contribution is 5.97. The summed E-state index contributed by atoms with van der Waals surface area (Å²) in [5.41, 5.74) is 5.10. The van der Waals surface area contributed by atoms with Gasteiger partial charge in [-0.15, -0.1) is 0 Å². The molecule has 2 aliphatic carbocycles. The van der Waals surface area contributed by atoms with Crippen molar-refractivity contribution >= 4 is 5.78 Å². The van der Waals surface area contributed by atoms with Crippen molar-refractivity contribution in [2.45, 2.75) is 57.4 Å². The Balaban J connectivity index is 1.42. The maximum Gasteiger partial charge on any atom is 0.167 e. The van der Waals surface area contributed by atoms with Gasteiger partial charge < -0.3 is 0 Å². The van der Waals surface area contributed by atoms with Crippen LogP contribution < -0.4 is 0 Å². The number of likely N-dealkylation sites (tertiary alicyclic amines) is 1. The first-order valence-electron chi connectivity index (χ1n) is 11.0. The summed E-state index contributed by atoms with van der Waals surface area (Å²) in [7, 11) is 0. The Bertz CT molecular complexity index is 885. The number of nitrogens with zero attached hydrogens (tertiary/aromatic N) is 1. The quantitative estimate of drug-likeness (QED) is 0.684. The molecule has 1 saturated carbocycles. The predicted octanol–water partition coefficient (Wildman–Crippen LogP) is 5.05. The first-order valence-corrected chi connectivity index (χ1v) is 11.0. The highest BCUT2D eigenvalue weighted by atomic mass is 16.1. The number of carbonyl (C=O) groups is 1. The van der Waals surface area contributed by atoms with Crippen LogP contribution in [0.3, 0.4) is 0 Å². The molecule has 0 N–H and O–H groups in total. The maximum atomic E-state index is 12.9. The Labute approximate surface area is 169 Å². The fourth-order valence-electron chi connectivity index (χ4n) is 5.62. The standard InChI is InChI=1S/C26H31NO/c1-18-24-16-21-10-11-22(25(28)14-19-6-4-3-5-7-19)15-23(21)26(18,2)12-13-27(24)17-20-8-9-20/h3-7,10-11,15,18,20,24H,8-9,12-14,16-17H2,1-2H3/t18-,24?,26-/m1/s1. The number of piperidine rings is 1. The molecule has 1 unspecified atom stereocenters. The number of fused-ring (bicyclic) bond motifs is 4. The van der Waals surface area contributed by atoms with Crippen LogP contribution in [-0.2, 0) is 18.3 Å². The zero-order chi connectivity index (χ0) is 19.3. The molecule has 0 radical (unpaired) electrons. The van der Waals surface area contributed by atoms with Crippen LogP contribution >= 0.6 is 0 Å². The van der Waals surface area contributed by atoms with Crippen LogP contribution in [0.2, 0.25) is 0 Å². The molecule has 2 aromatic rings. The molecule has 2 fully saturated rings. The van der Waals surface area contributed by atoms with Gasteiger partial charge in [0.2, 0.25) is 0 Å². The number of benzene rings is 2. The fourth-order valence-corrected chi connectivity index (χ4v) is 5.62. The smallest absolute Gasteiger partial charge is 0.167 e. The van der Waals surface area contributed by atoms with Gasteiger partial charge in [0, 0.05) is 24.6 Å². The monoisotopic (exact) mass is 373 g/mol. The van der Waals surface area contributed by atoms with Gasteiger partial charge in [0.15, 0.2) is 5.78 Å². The molecule has 1 saturated heterocycles. The van der Waals surface area contributed by atoms with Crippen LogP contribution in [0.15, 0.2) is 48.5 Å². The first-order chi connectivity index (χ1) is 13.5. The van der Waals surface area contributed by atoms with Gasteiger partial charge in [-0.2, -0.15) is 0 Å². The van der Waals surface area contributed by atoms with E-state index >= 15 is 0 Å². The van der Waals surface area contributed by atoms with Crippen LogP contribution in [0.4, 0.5) is 0 Å². The highest BCUT2D eigenvalue weighted by Gasteiger charge is 2.49. The molecule has 3 aliphatic rings. The Kier molecular flexibility index (Phi) is 4.43. The molecule has 2 nitrogen and oxygen atoms in total. The Morgan fingerprint density at radius 2 is 1.93 bits per heavy atom. The molecule has 0 amide bonds. The van der Waals surface area contributed by atoms with E-state index in [0.29, 0.717) is 18.4 Å². The summed E-state index contributed by atoms with van der Waals surface area (Å²) in [5.74, 6) is 1.83. The van der Waals surface area contributed by atoms with Crippen molar-refractivity contribution in [3.8, 4) is 0 Å². The number of Topliss-reactive ketones (excluding diaryl/α,β-unsaturated/α-hetero) is 1. The normalized spacial score (nSPS) is 29.4. The molecule has 1 aliphatic heterocycles. The molecule has 2 bridgehead atoms. The van der Waals surface area contributed by atoms with Crippen LogP contribution in [0, 0.1) is 11.8 Å². The summed E-state index contributed by atoms with van der Waals surface area (Å²) in [6.07, 6.45) is 5.70. The van der Waals surface area contributed by atoms with Gasteiger partial charge in [-0.05, 0) is 72.2 Å². The van der Waals surface area contributed by atoms with Crippen molar-refractivity contribution in [2.75, 3.05) is 13.1 Å². The Morgan fingerprint density at radius 3 is 2.68 bits per heavy atom. The van der Waals surface area contributed by atoms with E-state index in [1.807, 2.05) is 30.3 Å². The summed E-state index contributed by atoms with van der Waals surface area (Å²) >= 11 is 0. The summed E-state index contributed by atoms with van der Waals surface area (Å²) in [6, 6.07) is 17.3. The number of carbonyl (C=O) groups excluding carboxylic acids is 1. The molecule has 3 atom stereocenters. The molecule has 28 heavy (non-hydrogen) atoms. The highest BCUT2D eigenvalue weighted by Crippen LogP contribution is 2.49. The predicted molar refractivity (Wildman–Crippen MR) is 114 cm³/mol. The molecule has 1 heterocycles. The van der Waals surface area contributed by atoms with Crippen LogP contribution in [0.5, 0.6) is 0 Å². The fraction of sp³-hybridized carbons (Fsp3) is 0.500. The SMILES string of the molecule is C[C@@H]1C2Cc3ccc(C(=O)Cc4ccccc4)cc3[C@]1(C)CCN2CC1CC1. The topological polar surface area (TPSA) is 20.3 Å². The molecular weight excluding hydrogens is 342 g/mol. The minimum absolute atomic E-state index is 0.196. The minimum atomic E-state index is 0.196. The third-order valence-electron chi connectivity index (χ3n) is 7.84. The average molecular weight is 374 g/mol. The van der Waals surface area contributed by atoms with Crippen LogP contribution in [0.1, 0.15) is 60.2 Å². The van der Waals surface area contributed by atoms with Crippen molar-refractivity contribution in [2.24, 2.45) is 11.8 Å². The molecular formula is C26H31NO. The molecule has 0 spiro atoms. The second-order valence-electron chi connectivity index (χ2n) is 9.62. The van der Waals surface area contributed by atoms with E-state index in [1.165, 1.54) is 43.5 Å². The van der Waals surface area contributed by atoms with Gasteiger partial charge in [0.1, 0.15) is 0 Å². The van der Waals surface area contributed by atoms with Gasteiger partial charge in [0.05, 0.1) is 0 Å². The minimum Gasteiger partial charge on any atom is -0.299 e. The van der Waals surface area contributed by atoms with Gasteiger partial charge in [-0.25, -0.2) is 0 Å². The second kappa shape index (κ2) is 6.84. The second-order valence-corrected chi connectivity index (χ2v) is 9.62. The maximum absolute atomic E-state index is 12.9. The van der Waals surface area contributed by atoms with Gasteiger partial charge in [-0.3, -0.25) is 9.69 Å². The summed E-state index contributed by atoms with van der Waals surface area (Å²) in [4.78, 5) is 15.7. The number of ketones is 1. The third-order valence-corrected chi connectivity index (χ3v) is 7.84. The third kappa shape index (κ3) is 3.12. The van der Waals surface area contributed by atoms with Crippen molar-refractivity contribution in [1.29, 1.82) is 0 Å². The zero-order valence-corrected chi connectivity index (χ0v) is 17.2. The lowest BCUT2D eigenvalue weighted by molar-refractivity contribution is 0.0284. The molecule has 2 aromatic carbocycles. The van der Waals surface area contributed by atoms with Crippen molar-refractivity contribution < 1.29 is 4.79 Å². The molecule has 146 valence electrons. The van der Waals surface area contributed by atoms with Crippen molar-refractivity contribution in [1.82, 2.24) is 4.90 Å². The van der Waals surface area contributed by atoms with Crippen LogP contribution in [-0.4, -0.2) is 29.8 Å². The van der Waals surface area contributed by atoms with Gasteiger partial charge in [0.25, 0.3) is 0 Å². The lowest BCUT2D eigenvalue weighted by Gasteiger charge is -2.55. The average Bonchev–Trinajstić information content (AvgIpc) is 3.52. The lowest BCUT2D eigenvalue weighted by atomic mass is 9.58. The zero-order valence-electron chi connectivity index (χ0n) is 17.2. The van der Waals surface area contributed by atoms with E-state index in [-0.39, 0.29) is 11.2 Å². The molecule has 2 heteroatoms. The largest absolute Gasteiger partial charge is 0.299 e. The number of rotatable bonds is 5. The summed E-state index contributed by atoms with van der Waals surface area (Å²) in [6.45, 7) is 7.41. The summed E-state index contributed by atoms with van der Waals surface area (Å²) < 4.78 is 0. The first kappa shape index (κ1) is 18.1. The summed E-state index contributed by atoms with van der Waals surface area (Å²) in [5, 5.41) is 0. The van der Waals surface area contributed by atoms with E-state index in [2.05, 4.69) is 36.9 Å². The van der Waals surface area contributed by atoms with E-state index in [4.69, 9.17) is 0 Å². The molecule has 5 rings (SSSR count). The Morgan fingerprint density at radius 1 is 1.14 bits per heavy atom. The van der Waals surface area contributed by atoms with Crippen molar-refractivity contribution in [3.63, 3.8) is 0 Å². The lowest BCUT2D eigenvalue weighted by Crippen LogP contribution is -2.58. The van der Waals surface area contributed by atoms with Crippen LogP contribution in [0.25, 0.3) is 0 Å². The van der Waals surface area contributed by atoms with Gasteiger partial charge in [-0.1, -0.05) is 56.3 Å². The number of hydrogen-bond acceptors (Lipinski definition) is 2. The Hall–Kier alpha value is -1.93. The molecule has 0 aromatic heterocycles. The van der Waals surface area contributed by atoms with E-state index < -0.39 is 0 Å². The van der Waals surface area contributed by atoms with E-state index in [1.54, 1.807) is 0 Å². The van der Waals surface area contributed by atoms with Gasteiger partial charge >= 0.3 is 0 Å². The van der Waals surface area contributed by atoms with E-state index in [9.17, 15) is 4.79 Å². The number of hydrogen-bond donors (Lipinski definition) is 0. The van der Waals surface area contributed by atoms with Crippen molar-refractivity contribution in [3.05, 3.63) is 70.8 Å².